The maximum absolute atomic E-state index is 6.32. The third-order valence-electron chi connectivity index (χ3n) is 3.56. The lowest BCUT2D eigenvalue weighted by molar-refractivity contribution is 0.663. The van der Waals surface area contributed by atoms with E-state index in [-0.39, 0.29) is 0 Å². The summed E-state index contributed by atoms with van der Waals surface area (Å²) < 4.78 is 0. The first-order chi connectivity index (χ1) is 9.78. The van der Waals surface area contributed by atoms with Gasteiger partial charge in [0.25, 0.3) is 0 Å². The number of nitrogens with zero attached hydrogens (tertiary/aromatic N) is 2. The van der Waals surface area contributed by atoms with Crippen molar-refractivity contribution in [2.45, 2.75) is 37.5 Å². The van der Waals surface area contributed by atoms with Crippen molar-refractivity contribution in [3.63, 3.8) is 0 Å². The number of fused-ring (bicyclic) bond motifs is 1. The highest BCUT2D eigenvalue weighted by Gasteiger charge is 2.17. The molecule has 0 saturated carbocycles. The molecule has 1 heterocycles. The van der Waals surface area contributed by atoms with Crippen LogP contribution >= 0.6 is 23.4 Å². The zero-order valence-electron chi connectivity index (χ0n) is 11.5. The Morgan fingerprint density at radius 2 is 1.85 bits per heavy atom. The van der Waals surface area contributed by atoms with Crippen LogP contribution in [0.1, 0.15) is 31.0 Å². The van der Waals surface area contributed by atoms with Crippen LogP contribution in [0.3, 0.4) is 0 Å². The molecule has 1 aromatic carbocycles. The SMILES string of the molecule is CCSc1ccc(-c2nc(Cl)c3c(n2)CCCC3)cc1. The van der Waals surface area contributed by atoms with E-state index >= 15 is 0 Å². The second kappa shape index (κ2) is 6.15. The summed E-state index contributed by atoms with van der Waals surface area (Å²) in [6.45, 7) is 2.16. The molecule has 0 bridgehead atoms. The molecule has 20 heavy (non-hydrogen) atoms. The van der Waals surface area contributed by atoms with E-state index in [1.54, 1.807) is 0 Å². The molecule has 4 heteroatoms. The first-order valence-electron chi connectivity index (χ1n) is 7.06. The van der Waals surface area contributed by atoms with Crippen molar-refractivity contribution in [2.24, 2.45) is 0 Å². The monoisotopic (exact) mass is 304 g/mol. The van der Waals surface area contributed by atoms with Crippen molar-refractivity contribution in [2.75, 3.05) is 5.75 Å². The highest BCUT2D eigenvalue weighted by atomic mass is 35.5. The van der Waals surface area contributed by atoms with Crippen molar-refractivity contribution >= 4 is 23.4 Å². The van der Waals surface area contributed by atoms with Crippen LogP contribution < -0.4 is 0 Å². The van der Waals surface area contributed by atoms with Crippen molar-refractivity contribution in [3.05, 3.63) is 40.7 Å². The van der Waals surface area contributed by atoms with Crippen LogP contribution in [0, 0.1) is 0 Å². The fourth-order valence-electron chi connectivity index (χ4n) is 2.54. The van der Waals surface area contributed by atoms with Gasteiger partial charge in [-0.3, -0.25) is 0 Å². The van der Waals surface area contributed by atoms with Gasteiger partial charge in [0.05, 0.1) is 0 Å². The zero-order valence-corrected chi connectivity index (χ0v) is 13.1. The van der Waals surface area contributed by atoms with Gasteiger partial charge in [-0.05, 0) is 43.6 Å². The summed E-state index contributed by atoms with van der Waals surface area (Å²) in [6, 6.07) is 8.41. The third-order valence-corrected chi connectivity index (χ3v) is 4.76. The highest BCUT2D eigenvalue weighted by molar-refractivity contribution is 7.99. The fourth-order valence-corrected chi connectivity index (χ4v) is 3.49. The Labute approximate surface area is 129 Å². The van der Waals surface area contributed by atoms with Crippen molar-refractivity contribution in [3.8, 4) is 11.4 Å². The Morgan fingerprint density at radius 1 is 1.10 bits per heavy atom. The van der Waals surface area contributed by atoms with E-state index in [1.807, 2.05) is 11.8 Å². The smallest absolute Gasteiger partial charge is 0.161 e. The lowest BCUT2D eigenvalue weighted by Gasteiger charge is -2.16. The first-order valence-corrected chi connectivity index (χ1v) is 8.43. The minimum Gasteiger partial charge on any atom is -0.233 e. The van der Waals surface area contributed by atoms with Gasteiger partial charge in [0, 0.05) is 21.7 Å². The molecule has 1 aliphatic carbocycles. The molecular formula is C16H17ClN2S. The lowest BCUT2D eigenvalue weighted by Crippen LogP contribution is -2.08. The van der Waals surface area contributed by atoms with Crippen molar-refractivity contribution < 1.29 is 0 Å². The quantitative estimate of drug-likeness (QED) is 0.602. The molecule has 0 aliphatic heterocycles. The Balaban J connectivity index is 1.95. The molecule has 0 atom stereocenters. The Bertz CT molecular complexity index is 611. The Morgan fingerprint density at radius 3 is 2.60 bits per heavy atom. The number of hydrogen-bond acceptors (Lipinski definition) is 3. The minimum atomic E-state index is 0.636. The predicted molar refractivity (Wildman–Crippen MR) is 85.5 cm³/mol. The number of aryl methyl sites for hydroxylation is 1. The van der Waals surface area contributed by atoms with Crippen LogP contribution in [-0.4, -0.2) is 15.7 Å². The molecule has 0 radical (unpaired) electrons. The Kier molecular flexibility index (Phi) is 4.27. The minimum absolute atomic E-state index is 0.636. The average molecular weight is 305 g/mol. The number of thioether (sulfide) groups is 1. The predicted octanol–water partition coefficient (Wildman–Crippen LogP) is 4.79. The van der Waals surface area contributed by atoms with Gasteiger partial charge in [-0.25, -0.2) is 9.97 Å². The number of aromatic nitrogens is 2. The number of benzene rings is 1. The highest BCUT2D eigenvalue weighted by Crippen LogP contribution is 2.29. The fraction of sp³-hybridized carbons (Fsp3) is 0.375. The molecule has 2 aromatic rings. The van der Waals surface area contributed by atoms with Gasteiger partial charge in [-0.15, -0.1) is 11.8 Å². The van der Waals surface area contributed by atoms with E-state index in [9.17, 15) is 0 Å². The van der Waals surface area contributed by atoms with Crippen LogP contribution in [0.4, 0.5) is 0 Å². The number of rotatable bonds is 3. The van der Waals surface area contributed by atoms with Gasteiger partial charge in [-0.2, -0.15) is 0 Å². The molecule has 0 N–H and O–H groups in total. The van der Waals surface area contributed by atoms with Gasteiger partial charge in [0.1, 0.15) is 5.15 Å². The molecule has 104 valence electrons. The molecule has 1 aliphatic rings. The molecule has 0 saturated heterocycles. The zero-order chi connectivity index (χ0) is 13.9. The van der Waals surface area contributed by atoms with Crippen LogP contribution in [0.5, 0.6) is 0 Å². The molecule has 0 spiro atoms. The normalized spacial score (nSPS) is 14.1. The maximum atomic E-state index is 6.32. The second-order valence-electron chi connectivity index (χ2n) is 4.93. The summed E-state index contributed by atoms with van der Waals surface area (Å²) in [4.78, 5) is 10.5. The van der Waals surface area contributed by atoms with E-state index in [1.165, 1.54) is 17.7 Å². The summed E-state index contributed by atoms with van der Waals surface area (Å²) in [5, 5.41) is 0.636. The largest absolute Gasteiger partial charge is 0.233 e. The van der Waals surface area contributed by atoms with Gasteiger partial charge < -0.3 is 0 Å². The summed E-state index contributed by atoms with van der Waals surface area (Å²) in [6.07, 6.45) is 4.43. The standard InChI is InChI=1S/C16H17ClN2S/c1-2-20-12-9-7-11(8-10-12)16-18-14-6-4-3-5-13(14)15(17)19-16/h7-10H,2-6H2,1H3. The van der Waals surface area contributed by atoms with E-state index in [0.717, 1.165) is 41.2 Å². The molecule has 0 fully saturated rings. The van der Waals surface area contributed by atoms with Gasteiger partial charge in [0.15, 0.2) is 5.82 Å². The second-order valence-corrected chi connectivity index (χ2v) is 6.62. The summed E-state index contributed by atoms with van der Waals surface area (Å²) in [7, 11) is 0. The van der Waals surface area contributed by atoms with Crippen LogP contribution in [0.15, 0.2) is 29.2 Å². The summed E-state index contributed by atoms with van der Waals surface area (Å²) in [5.41, 5.74) is 3.33. The maximum Gasteiger partial charge on any atom is 0.161 e. The molecule has 0 amide bonds. The van der Waals surface area contributed by atoms with Crippen LogP contribution in [-0.2, 0) is 12.8 Å². The molecule has 1 aromatic heterocycles. The molecule has 2 nitrogen and oxygen atoms in total. The number of halogens is 1. The topological polar surface area (TPSA) is 25.8 Å². The third kappa shape index (κ3) is 2.84. The molecule has 3 rings (SSSR count). The molecular weight excluding hydrogens is 288 g/mol. The first kappa shape index (κ1) is 13.9. The van der Waals surface area contributed by atoms with Gasteiger partial charge in [-0.1, -0.05) is 30.7 Å². The van der Waals surface area contributed by atoms with Crippen LogP contribution in [0.2, 0.25) is 5.15 Å². The lowest BCUT2D eigenvalue weighted by atomic mass is 9.97. The number of hydrogen-bond donors (Lipinski definition) is 0. The van der Waals surface area contributed by atoms with Crippen molar-refractivity contribution in [1.82, 2.24) is 9.97 Å². The van der Waals surface area contributed by atoms with Crippen molar-refractivity contribution in [1.29, 1.82) is 0 Å². The van der Waals surface area contributed by atoms with Gasteiger partial charge in [0.2, 0.25) is 0 Å². The molecule has 0 unspecified atom stereocenters. The van der Waals surface area contributed by atoms with E-state index < -0.39 is 0 Å². The van der Waals surface area contributed by atoms with E-state index in [2.05, 4.69) is 36.2 Å². The van der Waals surface area contributed by atoms with Gasteiger partial charge >= 0.3 is 0 Å². The van der Waals surface area contributed by atoms with E-state index in [4.69, 9.17) is 16.6 Å². The average Bonchev–Trinajstić information content (AvgIpc) is 2.48. The summed E-state index contributed by atoms with van der Waals surface area (Å²) in [5.74, 6) is 1.84. The van der Waals surface area contributed by atoms with E-state index in [0.29, 0.717) is 5.15 Å². The summed E-state index contributed by atoms with van der Waals surface area (Å²) >= 11 is 8.16. The Hall–Kier alpha value is -1.06. The van der Waals surface area contributed by atoms with Crippen LogP contribution in [0.25, 0.3) is 11.4 Å².